The molecule has 0 spiro atoms. The number of hydrogen-bond acceptors (Lipinski definition) is 3. The summed E-state index contributed by atoms with van der Waals surface area (Å²) >= 11 is 1.30. The number of nitrogens with two attached hydrogens (primary N) is 1. The van der Waals surface area contributed by atoms with Crippen molar-refractivity contribution in [2.45, 2.75) is 17.2 Å². The summed E-state index contributed by atoms with van der Waals surface area (Å²) in [6.07, 6.45) is 0. The second-order valence-electron chi connectivity index (χ2n) is 4.21. The average molecular weight is 295 g/mol. The van der Waals surface area contributed by atoms with Gasteiger partial charge in [-0.15, -0.1) is 11.8 Å². The van der Waals surface area contributed by atoms with Crippen molar-refractivity contribution in [2.24, 2.45) is 5.73 Å². The number of hydrogen-bond donors (Lipinski definition) is 1. The first-order valence-electron chi connectivity index (χ1n) is 6.07. The van der Waals surface area contributed by atoms with E-state index in [0.29, 0.717) is 17.2 Å². The molecule has 0 unspecified atom stereocenters. The second kappa shape index (κ2) is 6.72. The summed E-state index contributed by atoms with van der Waals surface area (Å²) in [4.78, 5) is 0.409. The van der Waals surface area contributed by atoms with Crippen LogP contribution in [0.2, 0.25) is 0 Å². The Hall–Kier alpha value is -1.59. The van der Waals surface area contributed by atoms with E-state index in [1.807, 2.05) is 18.2 Å². The van der Waals surface area contributed by atoms with Gasteiger partial charge in [-0.2, -0.15) is 0 Å². The van der Waals surface area contributed by atoms with Crippen LogP contribution in [0.15, 0.2) is 41.3 Å². The molecule has 2 aromatic carbocycles. The fourth-order valence-corrected chi connectivity index (χ4v) is 2.72. The Morgan fingerprint density at radius 1 is 1.15 bits per heavy atom. The lowest BCUT2D eigenvalue weighted by molar-refractivity contribution is 0.411. The van der Waals surface area contributed by atoms with Crippen molar-refractivity contribution >= 4 is 11.8 Å². The third-order valence-corrected chi connectivity index (χ3v) is 3.96. The van der Waals surface area contributed by atoms with Crippen LogP contribution in [0.1, 0.15) is 11.1 Å². The lowest BCUT2D eigenvalue weighted by atomic mass is 10.1. The summed E-state index contributed by atoms with van der Waals surface area (Å²) in [6, 6.07) is 9.25. The van der Waals surface area contributed by atoms with Crippen molar-refractivity contribution in [3.8, 4) is 5.75 Å². The largest absolute Gasteiger partial charge is 0.496 e. The van der Waals surface area contributed by atoms with Crippen LogP contribution < -0.4 is 10.5 Å². The highest BCUT2D eigenvalue weighted by atomic mass is 32.2. The molecular formula is C15H15F2NOS. The minimum Gasteiger partial charge on any atom is -0.496 e. The van der Waals surface area contributed by atoms with Gasteiger partial charge in [-0.3, -0.25) is 0 Å². The van der Waals surface area contributed by atoms with Crippen molar-refractivity contribution < 1.29 is 13.5 Å². The molecular weight excluding hydrogens is 280 g/mol. The molecule has 0 bridgehead atoms. The van der Waals surface area contributed by atoms with E-state index < -0.39 is 11.6 Å². The number of ether oxygens (including phenoxy) is 1. The first-order valence-corrected chi connectivity index (χ1v) is 7.06. The standard InChI is InChI=1S/C15H15F2NOS/c1-19-14-4-2-10(8-18)6-11(14)9-20-15-5-3-12(16)7-13(15)17/h2-7H,8-9,18H2,1H3. The van der Waals surface area contributed by atoms with Gasteiger partial charge in [-0.1, -0.05) is 6.07 Å². The summed E-state index contributed by atoms with van der Waals surface area (Å²) in [5.41, 5.74) is 7.53. The van der Waals surface area contributed by atoms with Crippen molar-refractivity contribution in [3.05, 3.63) is 59.2 Å². The molecule has 5 heteroatoms. The van der Waals surface area contributed by atoms with E-state index in [4.69, 9.17) is 10.5 Å². The smallest absolute Gasteiger partial charge is 0.139 e. The summed E-state index contributed by atoms with van der Waals surface area (Å²) < 4.78 is 31.7. The molecule has 0 aromatic heterocycles. The van der Waals surface area contributed by atoms with Crippen molar-refractivity contribution in [1.82, 2.24) is 0 Å². The Morgan fingerprint density at radius 3 is 2.60 bits per heavy atom. The Kier molecular flexibility index (Phi) is 4.98. The molecule has 0 radical (unpaired) electrons. The number of thioether (sulfide) groups is 1. The molecule has 2 nitrogen and oxygen atoms in total. The number of rotatable bonds is 5. The highest BCUT2D eigenvalue weighted by molar-refractivity contribution is 7.98. The van der Waals surface area contributed by atoms with Gasteiger partial charge in [0, 0.05) is 28.8 Å². The Labute approximate surface area is 120 Å². The number of benzene rings is 2. The predicted octanol–water partition coefficient (Wildman–Crippen LogP) is 3.72. The lowest BCUT2D eigenvalue weighted by Gasteiger charge is -2.10. The van der Waals surface area contributed by atoms with Crippen LogP contribution >= 0.6 is 11.8 Å². The van der Waals surface area contributed by atoms with Gasteiger partial charge in [0.05, 0.1) is 7.11 Å². The first-order chi connectivity index (χ1) is 9.63. The van der Waals surface area contributed by atoms with Gasteiger partial charge < -0.3 is 10.5 Å². The topological polar surface area (TPSA) is 35.2 Å². The van der Waals surface area contributed by atoms with E-state index in [1.165, 1.54) is 23.9 Å². The Morgan fingerprint density at radius 2 is 1.95 bits per heavy atom. The molecule has 2 N–H and O–H groups in total. The summed E-state index contributed by atoms with van der Waals surface area (Å²) in [7, 11) is 1.59. The van der Waals surface area contributed by atoms with Gasteiger partial charge in [0.2, 0.25) is 0 Å². The van der Waals surface area contributed by atoms with Crippen LogP contribution in [0.25, 0.3) is 0 Å². The van der Waals surface area contributed by atoms with E-state index in [-0.39, 0.29) is 0 Å². The number of methoxy groups -OCH3 is 1. The van der Waals surface area contributed by atoms with E-state index in [2.05, 4.69) is 0 Å². The third kappa shape index (κ3) is 3.49. The zero-order valence-electron chi connectivity index (χ0n) is 11.0. The van der Waals surface area contributed by atoms with Crippen molar-refractivity contribution in [1.29, 1.82) is 0 Å². The highest BCUT2D eigenvalue weighted by Crippen LogP contribution is 2.30. The molecule has 20 heavy (non-hydrogen) atoms. The van der Waals surface area contributed by atoms with E-state index >= 15 is 0 Å². The molecule has 0 aliphatic carbocycles. The van der Waals surface area contributed by atoms with E-state index in [0.717, 1.165) is 22.9 Å². The highest BCUT2D eigenvalue weighted by Gasteiger charge is 2.08. The van der Waals surface area contributed by atoms with Gasteiger partial charge in [0.1, 0.15) is 17.4 Å². The fraction of sp³-hybridized carbons (Fsp3) is 0.200. The minimum atomic E-state index is -0.574. The maximum atomic E-state index is 13.6. The van der Waals surface area contributed by atoms with Gasteiger partial charge in [0.15, 0.2) is 0 Å². The Bertz CT molecular complexity index is 604. The third-order valence-electron chi connectivity index (χ3n) is 2.86. The molecule has 0 aliphatic rings. The molecule has 0 fully saturated rings. The molecule has 2 aromatic rings. The molecule has 106 valence electrons. The Balaban J connectivity index is 2.17. The average Bonchev–Trinajstić information content (AvgIpc) is 2.46. The molecule has 0 aliphatic heterocycles. The van der Waals surface area contributed by atoms with Crippen molar-refractivity contribution in [3.63, 3.8) is 0 Å². The monoisotopic (exact) mass is 295 g/mol. The fourth-order valence-electron chi connectivity index (χ4n) is 1.82. The van der Waals surface area contributed by atoms with Crippen LogP contribution in [0.5, 0.6) is 5.75 Å². The van der Waals surface area contributed by atoms with Crippen molar-refractivity contribution in [2.75, 3.05) is 7.11 Å². The minimum absolute atomic E-state index is 0.409. The molecule has 0 saturated carbocycles. The molecule has 0 amide bonds. The normalized spacial score (nSPS) is 10.6. The van der Waals surface area contributed by atoms with Gasteiger partial charge in [0.25, 0.3) is 0 Å². The van der Waals surface area contributed by atoms with Gasteiger partial charge >= 0.3 is 0 Å². The van der Waals surface area contributed by atoms with Crippen LogP contribution in [-0.2, 0) is 12.3 Å². The van der Waals surface area contributed by atoms with Gasteiger partial charge in [-0.25, -0.2) is 8.78 Å². The predicted molar refractivity (Wildman–Crippen MR) is 76.8 cm³/mol. The summed E-state index contributed by atoms with van der Waals surface area (Å²) in [5.74, 6) is 0.135. The van der Waals surface area contributed by atoms with Crippen LogP contribution in [0.4, 0.5) is 8.78 Å². The quantitative estimate of drug-likeness (QED) is 0.854. The van der Waals surface area contributed by atoms with E-state index in [9.17, 15) is 8.78 Å². The molecule has 0 heterocycles. The van der Waals surface area contributed by atoms with Gasteiger partial charge in [-0.05, 0) is 29.8 Å². The van der Waals surface area contributed by atoms with Crippen LogP contribution in [0.3, 0.4) is 0 Å². The maximum absolute atomic E-state index is 13.6. The number of halogens is 2. The molecule has 2 rings (SSSR count). The SMILES string of the molecule is COc1ccc(CN)cc1CSc1ccc(F)cc1F. The zero-order chi connectivity index (χ0) is 14.5. The van der Waals surface area contributed by atoms with Crippen LogP contribution in [0, 0.1) is 11.6 Å². The van der Waals surface area contributed by atoms with E-state index in [1.54, 1.807) is 7.11 Å². The lowest BCUT2D eigenvalue weighted by Crippen LogP contribution is -1.99. The molecule has 0 saturated heterocycles. The second-order valence-corrected chi connectivity index (χ2v) is 5.23. The van der Waals surface area contributed by atoms with Crippen LogP contribution in [-0.4, -0.2) is 7.11 Å². The first kappa shape index (κ1) is 14.8. The zero-order valence-corrected chi connectivity index (χ0v) is 11.8. The molecule has 0 atom stereocenters. The summed E-state index contributed by atoms with van der Waals surface area (Å²) in [5, 5.41) is 0. The summed E-state index contributed by atoms with van der Waals surface area (Å²) in [6.45, 7) is 0.437. The maximum Gasteiger partial charge on any atom is 0.139 e.